The predicted molar refractivity (Wildman–Crippen MR) is 117 cm³/mol. The smallest absolute Gasteiger partial charge is 0.287 e. The lowest BCUT2D eigenvalue weighted by Gasteiger charge is -2.10. The van der Waals surface area contributed by atoms with Crippen molar-refractivity contribution >= 4 is 11.5 Å². The van der Waals surface area contributed by atoms with Crippen molar-refractivity contribution in [2.75, 3.05) is 11.9 Å². The minimum atomic E-state index is -0.480. The molecule has 3 aromatic heterocycles. The third-order valence-corrected chi connectivity index (χ3v) is 4.72. The van der Waals surface area contributed by atoms with Gasteiger partial charge in [-0.05, 0) is 18.1 Å². The van der Waals surface area contributed by atoms with E-state index in [4.69, 9.17) is 4.98 Å². The fourth-order valence-electron chi connectivity index (χ4n) is 3.04. The third-order valence-electron chi connectivity index (χ3n) is 4.72. The Morgan fingerprint density at radius 3 is 2.58 bits per heavy atom. The number of nitro groups is 1. The van der Waals surface area contributed by atoms with Gasteiger partial charge >= 0.3 is 0 Å². The first kappa shape index (κ1) is 20.1. The number of nitrogens with one attached hydrogen (secondary N) is 2. The maximum atomic E-state index is 10.7. The molecule has 1 aromatic carbocycles. The number of benzene rings is 1. The van der Waals surface area contributed by atoms with Crippen LogP contribution in [-0.4, -0.2) is 36.4 Å². The topological polar surface area (TPSA) is 123 Å². The molecule has 0 unspecified atom stereocenters. The Labute approximate surface area is 178 Å². The average Bonchev–Trinajstić information content (AvgIpc) is 3.34. The van der Waals surface area contributed by atoms with Gasteiger partial charge < -0.3 is 10.3 Å². The second-order valence-corrected chi connectivity index (χ2v) is 6.72. The fraction of sp³-hybridized carbons (Fsp3) is 0.136. The summed E-state index contributed by atoms with van der Waals surface area (Å²) in [6, 6.07) is 11.3. The van der Waals surface area contributed by atoms with E-state index in [1.807, 2.05) is 6.42 Å². The number of rotatable bonds is 8. The molecule has 0 atom stereocenters. The van der Waals surface area contributed by atoms with Crippen molar-refractivity contribution in [3.05, 3.63) is 89.1 Å². The Morgan fingerprint density at radius 2 is 1.94 bits per heavy atom. The molecule has 31 heavy (non-hydrogen) atoms. The minimum Gasteiger partial charge on any atom is -0.369 e. The Morgan fingerprint density at radius 1 is 1.10 bits per heavy atom. The highest BCUT2D eigenvalue weighted by molar-refractivity contribution is 5.77. The quantitative estimate of drug-likeness (QED) is 0.329. The van der Waals surface area contributed by atoms with Crippen LogP contribution in [-0.2, 0) is 6.42 Å². The largest absolute Gasteiger partial charge is 0.369 e. The Balaban J connectivity index is 1.53. The van der Waals surface area contributed by atoms with Crippen molar-refractivity contribution < 1.29 is 4.92 Å². The lowest BCUT2D eigenvalue weighted by molar-refractivity contribution is -0.385. The maximum Gasteiger partial charge on any atom is 0.287 e. The molecule has 9 nitrogen and oxygen atoms in total. The summed E-state index contributed by atoms with van der Waals surface area (Å²) in [5.41, 5.74) is 3.78. The van der Waals surface area contributed by atoms with Crippen LogP contribution in [0.4, 0.5) is 11.5 Å². The summed E-state index contributed by atoms with van der Waals surface area (Å²) < 4.78 is 0. The summed E-state index contributed by atoms with van der Waals surface area (Å²) >= 11 is 0. The van der Waals surface area contributed by atoms with Gasteiger partial charge in [0.05, 0.1) is 16.2 Å². The van der Waals surface area contributed by atoms with Crippen molar-refractivity contribution in [2.24, 2.45) is 0 Å². The second-order valence-electron chi connectivity index (χ2n) is 6.72. The summed E-state index contributed by atoms with van der Waals surface area (Å²) in [5.74, 6) is 1.79. The number of aromatic amines is 1. The molecule has 0 saturated carbocycles. The van der Waals surface area contributed by atoms with Crippen molar-refractivity contribution in [3.8, 4) is 22.6 Å². The SMILES string of the molecule is CCc1ccc(-c2nc([CH]CNc3ccc([N+](=O)[O-])cn3)ncc2-c2ncc[nH]2)cc1. The molecule has 0 aliphatic rings. The van der Waals surface area contributed by atoms with E-state index in [1.54, 1.807) is 24.7 Å². The van der Waals surface area contributed by atoms with E-state index < -0.39 is 4.92 Å². The average molecular weight is 414 g/mol. The van der Waals surface area contributed by atoms with Crippen LogP contribution >= 0.6 is 0 Å². The molecule has 0 amide bonds. The van der Waals surface area contributed by atoms with Crippen molar-refractivity contribution in [3.63, 3.8) is 0 Å². The molecule has 4 rings (SSSR count). The van der Waals surface area contributed by atoms with Crippen LogP contribution in [0.5, 0.6) is 0 Å². The van der Waals surface area contributed by atoms with E-state index in [0.717, 1.165) is 23.2 Å². The number of hydrogen-bond acceptors (Lipinski definition) is 7. The molecule has 0 spiro atoms. The van der Waals surface area contributed by atoms with Crippen molar-refractivity contribution in [1.29, 1.82) is 0 Å². The van der Waals surface area contributed by atoms with Crippen LogP contribution in [0.25, 0.3) is 22.6 Å². The van der Waals surface area contributed by atoms with Crippen LogP contribution < -0.4 is 5.32 Å². The highest BCUT2D eigenvalue weighted by atomic mass is 16.6. The van der Waals surface area contributed by atoms with Crippen LogP contribution in [0, 0.1) is 16.5 Å². The highest BCUT2D eigenvalue weighted by Gasteiger charge is 2.14. The van der Waals surface area contributed by atoms with Gasteiger partial charge in [0.1, 0.15) is 23.7 Å². The Bertz CT molecular complexity index is 1160. The number of nitrogens with zero attached hydrogens (tertiary/aromatic N) is 5. The molecule has 0 saturated heterocycles. The zero-order chi connectivity index (χ0) is 21.6. The van der Waals surface area contributed by atoms with Gasteiger partial charge in [-0.3, -0.25) is 10.1 Å². The summed E-state index contributed by atoms with van der Waals surface area (Å²) in [6.07, 6.45) is 9.23. The van der Waals surface area contributed by atoms with Gasteiger partial charge in [0, 0.05) is 43.2 Å². The van der Waals surface area contributed by atoms with E-state index in [2.05, 4.69) is 56.4 Å². The van der Waals surface area contributed by atoms with Crippen molar-refractivity contribution in [2.45, 2.75) is 13.3 Å². The van der Waals surface area contributed by atoms with Gasteiger partial charge in [-0.15, -0.1) is 0 Å². The molecule has 0 bridgehead atoms. The number of hydrogen-bond donors (Lipinski definition) is 2. The Kier molecular flexibility index (Phi) is 5.93. The summed E-state index contributed by atoms with van der Waals surface area (Å²) in [6.45, 7) is 2.53. The molecular weight excluding hydrogens is 394 g/mol. The molecule has 1 radical (unpaired) electrons. The second kappa shape index (κ2) is 9.12. The van der Waals surface area contributed by atoms with Gasteiger partial charge in [-0.1, -0.05) is 31.2 Å². The van der Waals surface area contributed by atoms with Crippen LogP contribution in [0.3, 0.4) is 0 Å². The number of aromatic nitrogens is 5. The minimum absolute atomic E-state index is 0.0508. The molecule has 2 N–H and O–H groups in total. The molecule has 9 heteroatoms. The van der Waals surface area contributed by atoms with E-state index in [0.29, 0.717) is 24.0 Å². The summed E-state index contributed by atoms with van der Waals surface area (Å²) in [7, 11) is 0. The van der Waals surface area contributed by atoms with Crippen LogP contribution in [0.2, 0.25) is 0 Å². The molecule has 3 heterocycles. The predicted octanol–water partition coefficient (Wildman–Crippen LogP) is 4.06. The van der Waals surface area contributed by atoms with E-state index in [1.165, 1.54) is 17.8 Å². The highest BCUT2D eigenvalue weighted by Crippen LogP contribution is 2.28. The zero-order valence-corrected chi connectivity index (χ0v) is 16.8. The standard InChI is InChI=1S/C22H20N7O2/c1-2-15-3-5-16(6-4-15)21-18(22-24-11-12-25-22)14-27-20(28-21)9-10-23-19-8-7-17(13-26-19)29(30)31/h3-9,11-14H,2,10H2,1H3,(H,23,26)(H,24,25). The van der Waals surface area contributed by atoms with Crippen molar-refractivity contribution in [1.82, 2.24) is 24.9 Å². The maximum absolute atomic E-state index is 10.7. The first-order chi connectivity index (χ1) is 15.1. The summed E-state index contributed by atoms with van der Waals surface area (Å²) in [4.78, 5) is 30.9. The number of H-pyrrole nitrogens is 1. The lowest BCUT2D eigenvalue weighted by Crippen LogP contribution is -2.08. The third kappa shape index (κ3) is 4.72. The molecule has 0 fully saturated rings. The first-order valence-corrected chi connectivity index (χ1v) is 9.77. The zero-order valence-electron chi connectivity index (χ0n) is 16.8. The normalized spacial score (nSPS) is 10.7. The Hall–Kier alpha value is -4.14. The summed E-state index contributed by atoms with van der Waals surface area (Å²) in [5, 5.41) is 13.8. The molecular formula is C22H20N7O2. The number of pyridine rings is 1. The number of aryl methyl sites for hydroxylation is 1. The monoisotopic (exact) mass is 414 g/mol. The van der Waals surface area contributed by atoms with Crippen LogP contribution in [0.15, 0.2) is 61.2 Å². The molecule has 0 aliphatic carbocycles. The van der Waals surface area contributed by atoms with E-state index in [9.17, 15) is 10.1 Å². The van der Waals surface area contributed by atoms with Crippen LogP contribution in [0.1, 0.15) is 18.3 Å². The van der Waals surface area contributed by atoms with Gasteiger partial charge in [0.2, 0.25) is 0 Å². The van der Waals surface area contributed by atoms with Gasteiger partial charge in [-0.25, -0.2) is 19.9 Å². The molecule has 4 aromatic rings. The number of anilines is 1. The van der Waals surface area contributed by atoms with E-state index in [-0.39, 0.29) is 5.69 Å². The van der Waals surface area contributed by atoms with Gasteiger partial charge in [-0.2, -0.15) is 0 Å². The number of imidazole rings is 1. The fourth-order valence-corrected chi connectivity index (χ4v) is 3.04. The molecule has 0 aliphatic heterocycles. The van der Waals surface area contributed by atoms with Gasteiger partial charge in [0.25, 0.3) is 5.69 Å². The first-order valence-electron chi connectivity index (χ1n) is 9.77. The lowest BCUT2D eigenvalue weighted by atomic mass is 10.0. The molecule has 155 valence electrons. The van der Waals surface area contributed by atoms with Gasteiger partial charge in [0.15, 0.2) is 0 Å². The van der Waals surface area contributed by atoms with E-state index >= 15 is 0 Å².